The average Bonchev–Trinajstić information content (AvgIpc) is 2.72. The van der Waals surface area contributed by atoms with Crippen LogP contribution in [0.2, 0.25) is 0 Å². The molecule has 0 aliphatic carbocycles. The van der Waals surface area contributed by atoms with E-state index in [0.717, 1.165) is 12.0 Å². The minimum absolute atomic E-state index is 0.0496. The van der Waals surface area contributed by atoms with Gasteiger partial charge in [-0.1, -0.05) is 45.0 Å². The van der Waals surface area contributed by atoms with Gasteiger partial charge in [0.15, 0.2) is 0 Å². The predicted molar refractivity (Wildman–Crippen MR) is 113 cm³/mol. The predicted octanol–water partition coefficient (Wildman–Crippen LogP) is 3.57. The van der Waals surface area contributed by atoms with Crippen LogP contribution in [0.3, 0.4) is 0 Å². The number of nitrogens with one attached hydrogen (secondary N) is 2. The SMILES string of the molecule is CCc1ccc(C(NC(=O)c2ccc(S(=O)(=O)NCCC#N)cc2)C(C)C)cc1. The van der Waals surface area contributed by atoms with E-state index < -0.39 is 10.0 Å². The summed E-state index contributed by atoms with van der Waals surface area (Å²) >= 11 is 0. The molecule has 0 aliphatic rings. The second-order valence-corrected chi connectivity index (χ2v) is 8.89. The highest BCUT2D eigenvalue weighted by Gasteiger charge is 2.20. The van der Waals surface area contributed by atoms with E-state index in [1.54, 1.807) is 0 Å². The van der Waals surface area contributed by atoms with Gasteiger partial charge in [-0.2, -0.15) is 5.26 Å². The number of carbonyl (C=O) groups excluding carboxylic acids is 1. The van der Waals surface area contributed by atoms with Gasteiger partial charge in [0, 0.05) is 18.5 Å². The highest BCUT2D eigenvalue weighted by molar-refractivity contribution is 7.89. The molecule has 2 N–H and O–H groups in total. The maximum Gasteiger partial charge on any atom is 0.251 e. The van der Waals surface area contributed by atoms with Gasteiger partial charge in [-0.3, -0.25) is 4.79 Å². The fourth-order valence-corrected chi connectivity index (χ4v) is 3.96. The summed E-state index contributed by atoms with van der Waals surface area (Å²) in [4.78, 5) is 12.8. The van der Waals surface area contributed by atoms with Crippen LogP contribution >= 0.6 is 0 Å². The molecule has 0 heterocycles. The molecule has 0 aromatic heterocycles. The Balaban J connectivity index is 2.13. The third kappa shape index (κ3) is 6.14. The van der Waals surface area contributed by atoms with Crippen LogP contribution in [0.4, 0.5) is 0 Å². The van der Waals surface area contributed by atoms with Crippen LogP contribution in [0.1, 0.15) is 54.7 Å². The largest absolute Gasteiger partial charge is 0.345 e. The molecule has 29 heavy (non-hydrogen) atoms. The van der Waals surface area contributed by atoms with Crippen molar-refractivity contribution in [2.75, 3.05) is 6.54 Å². The maximum atomic E-state index is 12.7. The molecule has 6 nitrogen and oxygen atoms in total. The zero-order valence-corrected chi connectivity index (χ0v) is 17.8. The van der Waals surface area contributed by atoms with Crippen LogP contribution in [0.25, 0.3) is 0 Å². The fourth-order valence-electron chi connectivity index (χ4n) is 2.93. The van der Waals surface area contributed by atoms with Gasteiger partial charge in [-0.25, -0.2) is 13.1 Å². The van der Waals surface area contributed by atoms with Crippen LogP contribution in [-0.4, -0.2) is 20.9 Å². The number of aryl methyl sites for hydroxylation is 1. The van der Waals surface area contributed by atoms with Crippen molar-refractivity contribution in [3.8, 4) is 6.07 Å². The lowest BCUT2D eigenvalue weighted by Crippen LogP contribution is -2.31. The molecule has 1 unspecified atom stereocenters. The molecule has 0 saturated carbocycles. The Morgan fingerprint density at radius 3 is 2.21 bits per heavy atom. The van der Waals surface area contributed by atoms with Gasteiger partial charge in [-0.15, -0.1) is 0 Å². The summed E-state index contributed by atoms with van der Waals surface area (Å²) in [5.41, 5.74) is 2.66. The zero-order chi connectivity index (χ0) is 21.4. The van der Waals surface area contributed by atoms with Gasteiger partial charge in [0.05, 0.1) is 17.0 Å². The monoisotopic (exact) mass is 413 g/mol. The maximum absolute atomic E-state index is 12.7. The molecular weight excluding hydrogens is 386 g/mol. The highest BCUT2D eigenvalue weighted by atomic mass is 32.2. The Morgan fingerprint density at radius 2 is 1.69 bits per heavy atom. The Bertz CT molecular complexity index is 960. The molecule has 2 aromatic rings. The van der Waals surface area contributed by atoms with Crippen molar-refractivity contribution in [3.05, 3.63) is 65.2 Å². The lowest BCUT2D eigenvalue weighted by atomic mass is 9.94. The van der Waals surface area contributed by atoms with Crippen molar-refractivity contribution in [2.24, 2.45) is 5.92 Å². The summed E-state index contributed by atoms with van der Waals surface area (Å²) in [6, 6.07) is 15.7. The summed E-state index contributed by atoms with van der Waals surface area (Å²) in [6.45, 7) is 6.23. The number of sulfonamides is 1. The number of nitrogens with zero attached hydrogens (tertiary/aromatic N) is 1. The van der Waals surface area contributed by atoms with Crippen molar-refractivity contribution < 1.29 is 13.2 Å². The quantitative estimate of drug-likeness (QED) is 0.614. The van der Waals surface area contributed by atoms with Crippen molar-refractivity contribution in [3.63, 3.8) is 0 Å². The molecule has 2 rings (SSSR count). The second kappa shape index (κ2) is 10.2. The Morgan fingerprint density at radius 1 is 1.07 bits per heavy atom. The van der Waals surface area contributed by atoms with E-state index in [2.05, 4.69) is 29.1 Å². The average molecular weight is 414 g/mol. The topological polar surface area (TPSA) is 99.1 Å². The molecule has 0 fully saturated rings. The number of benzene rings is 2. The van der Waals surface area contributed by atoms with Crippen molar-refractivity contribution in [1.29, 1.82) is 5.26 Å². The second-order valence-electron chi connectivity index (χ2n) is 7.12. The smallest absolute Gasteiger partial charge is 0.251 e. The van der Waals surface area contributed by atoms with Gasteiger partial charge in [0.2, 0.25) is 10.0 Å². The van der Waals surface area contributed by atoms with Gasteiger partial charge < -0.3 is 5.32 Å². The van der Waals surface area contributed by atoms with Crippen LogP contribution < -0.4 is 10.0 Å². The van der Waals surface area contributed by atoms with E-state index >= 15 is 0 Å². The van der Waals surface area contributed by atoms with E-state index in [-0.39, 0.29) is 35.7 Å². The molecule has 2 aromatic carbocycles. The van der Waals surface area contributed by atoms with Crippen LogP contribution in [0.15, 0.2) is 53.4 Å². The van der Waals surface area contributed by atoms with E-state index in [4.69, 9.17) is 5.26 Å². The Kier molecular flexibility index (Phi) is 7.94. The summed E-state index contributed by atoms with van der Waals surface area (Å²) in [7, 11) is -3.69. The fraction of sp³-hybridized carbons (Fsp3) is 0.364. The molecule has 1 amide bonds. The molecule has 0 bridgehead atoms. The Hall–Kier alpha value is -2.69. The number of hydrogen-bond acceptors (Lipinski definition) is 4. The minimum atomic E-state index is -3.69. The summed E-state index contributed by atoms with van der Waals surface area (Å²) < 4.78 is 26.7. The molecule has 1 atom stereocenters. The first-order valence-electron chi connectivity index (χ1n) is 9.65. The number of carbonyl (C=O) groups is 1. The zero-order valence-electron chi connectivity index (χ0n) is 17.0. The lowest BCUT2D eigenvalue weighted by Gasteiger charge is -2.23. The highest BCUT2D eigenvalue weighted by Crippen LogP contribution is 2.23. The van der Waals surface area contributed by atoms with Gasteiger partial charge in [0.25, 0.3) is 5.91 Å². The van der Waals surface area contributed by atoms with E-state index in [9.17, 15) is 13.2 Å². The molecule has 0 saturated heterocycles. The van der Waals surface area contributed by atoms with E-state index in [0.29, 0.717) is 5.56 Å². The van der Waals surface area contributed by atoms with E-state index in [1.807, 2.05) is 32.0 Å². The third-order valence-electron chi connectivity index (χ3n) is 4.66. The standard InChI is InChI=1S/C22H27N3O3S/c1-4-17-6-8-18(9-7-17)21(16(2)3)25-22(26)19-10-12-20(13-11-19)29(27,28)24-15-5-14-23/h6-13,16,21,24H,4-5,15H2,1-3H3,(H,25,26). The Labute approximate surface area is 173 Å². The summed E-state index contributed by atoms with van der Waals surface area (Å²) in [6.07, 6.45) is 1.05. The first-order chi connectivity index (χ1) is 13.8. The van der Waals surface area contributed by atoms with Gasteiger partial charge >= 0.3 is 0 Å². The third-order valence-corrected chi connectivity index (χ3v) is 6.13. The van der Waals surface area contributed by atoms with Crippen LogP contribution in [0.5, 0.6) is 0 Å². The molecule has 0 aliphatic heterocycles. The molecular formula is C22H27N3O3S. The molecule has 0 spiro atoms. The number of hydrogen-bond donors (Lipinski definition) is 2. The van der Waals surface area contributed by atoms with Gasteiger partial charge in [0.1, 0.15) is 0 Å². The minimum Gasteiger partial charge on any atom is -0.345 e. The van der Waals surface area contributed by atoms with Crippen molar-refractivity contribution in [2.45, 2.75) is 44.6 Å². The van der Waals surface area contributed by atoms with Crippen LogP contribution in [-0.2, 0) is 16.4 Å². The normalized spacial score (nSPS) is 12.4. The first kappa shape index (κ1) is 22.6. The number of nitriles is 1. The van der Waals surface area contributed by atoms with Crippen molar-refractivity contribution in [1.82, 2.24) is 10.0 Å². The summed E-state index contributed by atoms with van der Waals surface area (Å²) in [5.74, 6) is -0.0694. The molecule has 7 heteroatoms. The van der Waals surface area contributed by atoms with Crippen molar-refractivity contribution >= 4 is 15.9 Å². The van der Waals surface area contributed by atoms with Crippen LogP contribution in [0, 0.1) is 17.2 Å². The first-order valence-corrected chi connectivity index (χ1v) is 11.1. The number of amides is 1. The van der Waals surface area contributed by atoms with E-state index in [1.165, 1.54) is 29.8 Å². The lowest BCUT2D eigenvalue weighted by molar-refractivity contribution is 0.0925. The molecule has 0 radical (unpaired) electrons. The number of rotatable bonds is 9. The van der Waals surface area contributed by atoms with Gasteiger partial charge in [-0.05, 0) is 47.7 Å². The summed E-state index contributed by atoms with van der Waals surface area (Å²) in [5, 5.41) is 11.6. The molecule has 154 valence electrons.